The van der Waals surface area contributed by atoms with E-state index >= 15 is 0 Å². The zero-order valence-electron chi connectivity index (χ0n) is 24.1. The molecule has 38 heavy (non-hydrogen) atoms. The van der Waals surface area contributed by atoms with Gasteiger partial charge >= 0.3 is 5.97 Å². The van der Waals surface area contributed by atoms with Gasteiger partial charge in [-0.15, -0.1) is 0 Å². The number of ether oxygens (including phenoxy) is 10. The van der Waals surface area contributed by atoms with Gasteiger partial charge in [0, 0.05) is 7.11 Å². The molecule has 0 radical (unpaired) electrons. The molecule has 0 aliphatic rings. The molecule has 0 heterocycles. The lowest BCUT2D eigenvalue weighted by molar-refractivity contribution is -0.150. The second-order valence-electron chi connectivity index (χ2n) is 8.31. The second-order valence-corrected chi connectivity index (χ2v) is 8.31. The average Bonchev–Trinajstić information content (AvgIpc) is 2.93. The van der Waals surface area contributed by atoms with Gasteiger partial charge in [0.2, 0.25) is 0 Å². The van der Waals surface area contributed by atoms with Crippen LogP contribution in [0.2, 0.25) is 0 Å². The monoisotopic (exact) mass is 554 g/mol. The van der Waals surface area contributed by atoms with Gasteiger partial charge < -0.3 is 47.4 Å². The summed E-state index contributed by atoms with van der Waals surface area (Å²) < 4.78 is 53.5. The van der Waals surface area contributed by atoms with E-state index in [1.807, 2.05) is 6.92 Å². The summed E-state index contributed by atoms with van der Waals surface area (Å²) in [5.74, 6) is -0.115. The maximum absolute atomic E-state index is 12.0. The Bertz CT molecular complexity index is 468. The van der Waals surface area contributed by atoms with E-state index in [9.17, 15) is 4.79 Å². The first-order chi connectivity index (χ1) is 18.8. The van der Waals surface area contributed by atoms with E-state index in [0.717, 1.165) is 25.7 Å². The van der Waals surface area contributed by atoms with E-state index in [2.05, 4.69) is 6.92 Å². The number of unbranched alkanes of at least 4 members (excludes halogenated alkanes) is 1. The first-order valence-corrected chi connectivity index (χ1v) is 14.0. The third-order valence-electron chi connectivity index (χ3n) is 5.24. The van der Waals surface area contributed by atoms with Crippen LogP contribution in [0.1, 0.15) is 39.5 Å². The van der Waals surface area contributed by atoms with Gasteiger partial charge in [0.05, 0.1) is 118 Å². The number of rotatable bonds is 32. The van der Waals surface area contributed by atoms with E-state index < -0.39 is 0 Å². The van der Waals surface area contributed by atoms with Crippen LogP contribution < -0.4 is 0 Å². The molecular formula is C27H54O11. The van der Waals surface area contributed by atoms with Crippen LogP contribution in [0.15, 0.2) is 0 Å². The van der Waals surface area contributed by atoms with Crippen molar-refractivity contribution in [2.75, 3.05) is 126 Å². The minimum absolute atomic E-state index is 0.00192. The van der Waals surface area contributed by atoms with Crippen molar-refractivity contribution in [3.63, 3.8) is 0 Å². The molecule has 0 aromatic rings. The Morgan fingerprint density at radius 2 is 0.816 bits per heavy atom. The third-order valence-corrected chi connectivity index (χ3v) is 5.24. The van der Waals surface area contributed by atoms with E-state index in [-0.39, 0.29) is 18.5 Å². The van der Waals surface area contributed by atoms with Gasteiger partial charge in [-0.05, 0) is 12.8 Å². The molecule has 1 unspecified atom stereocenters. The maximum Gasteiger partial charge on any atom is 0.308 e. The second kappa shape index (κ2) is 32.3. The van der Waals surface area contributed by atoms with Crippen LogP contribution in [0.4, 0.5) is 0 Å². The van der Waals surface area contributed by atoms with E-state index in [4.69, 9.17) is 47.4 Å². The number of carbonyl (C=O) groups excluding carboxylic acids is 1. The smallest absolute Gasteiger partial charge is 0.308 e. The van der Waals surface area contributed by atoms with Gasteiger partial charge in [-0.1, -0.05) is 26.7 Å². The molecule has 0 aromatic heterocycles. The van der Waals surface area contributed by atoms with Gasteiger partial charge in [-0.25, -0.2) is 0 Å². The fourth-order valence-electron chi connectivity index (χ4n) is 3.04. The number of hydrogen-bond acceptors (Lipinski definition) is 11. The topological polar surface area (TPSA) is 109 Å². The predicted molar refractivity (Wildman–Crippen MR) is 143 cm³/mol. The third kappa shape index (κ3) is 28.1. The summed E-state index contributed by atoms with van der Waals surface area (Å²) in [5.41, 5.74) is 0. The van der Waals surface area contributed by atoms with E-state index in [0.29, 0.717) is 112 Å². The number of methoxy groups -OCH3 is 1. The zero-order valence-corrected chi connectivity index (χ0v) is 24.1. The Hall–Kier alpha value is -0.890. The van der Waals surface area contributed by atoms with Crippen LogP contribution in [0.5, 0.6) is 0 Å². The first kappa shape index (κ1) is 37.1. The molecule has 0 aliphatic heterocycles. The molecule has 0 aromatic carbocycles. The van der Waals surface area contributed by atoms with Gasteiger partial charge in [0.1, 0.15) is 6.61 Å². The van der Waals surface area contributed by atoms with Crippen molar-refractivity contribution in [3.05, 3.63) is 0 Å². The number of esters is 1. The highest BCUT2D eigenvalue weighted by Crippen LogP contribution is 2.14. The molecule has 11 heteroatoms. The van der Waals surface area contributed by atoms with E-state index in [1.54, 1.807) is 7.11 Å². The lowest BCUT2D eigenvalue weighted by atomic mass is 10.00. The minimum Gasteiger partial charge on any atom is -0.463 e. The fraction of sp³-hybridized carbons (Fsp3) is 0.963. The summed E-state index contributed by atoms with van der Waals surface area (Å²) in [6.07, 6.45) is 3.85. The van der Waals surface area contributed by atoms with Gasteiger partial charge in [-0.2, -0.15) is 0 Å². The molecule has 0 saturated carbocycles. The standard InChI is InChI=1S/C27H54O11/c1-4-6-7-26(5-2)27(28)38-25-24-37-23-22-36-21-20-35-19-18-34-17-16-33-15-14-32-13-12-31-11-10-30-9-8-29-3/h26H,4-25H2,1-3H3. The van der Waals surface area contributed by atoms with Crippen molar-refractivity contribution in [1.29, 1.82) is 0 Å². The largest absolute Gasteiger partial charge is 0.463 e. The Balaban J connectivity index is 3.16. The van der Waals surface area contributed by atoms with Gasteiger partial charge in [0.15, 0.2) is 0 Å². The van der Waals surface area contributed by atoms with Crippen molar-refractivity contribution in [1.82, 2.24) is 0 Å². The van der Waals surface area contributed by atoms with Gasteiger partial charge in [-0.3, -0.25) is 4.79 Å². The van der Waals surface area contributed by atoms with Crippen molar-refractivity contribution >= 4 is 5.97 Å². The summed E-state index contributed by atoms with van der Waals surface area (Å²) in [6.45, 7) is 13.1. The fourth-order valence-corrected chi connectivity index (χ4v) is 3.04. The molecule has 0 bridgehead atoms. The molecule has 0 N–H and O–H groups in total. The van der Waals surface area contributed by atoms with Crippen molar-refractivity contribution in [3.8, 4) is 0 Å². The molecule has 0 aliphatic carbocycles. The van der Waals surface area contributed by atoms with Crippen molar-refractivity contribution in [2.24, 2.45) is 5.92 Å². The van der Waals surface area contributed by atoms with Crippen LogP contribution in [0, 0.1) is 5.92 Å². The zero-order chi connectivity index (χ0) is 27.8. The van der Waals surface area contributed by atoms with Crippen molar-refractivity contribution < 1.29 is 52.2 Å². The van der Waals surface area contributed by atoms with Crippen LogP contribution >= 0.6 is 0 Å². The first-order valence-electron chi connectivity index (χ1n) is 14.0. The molecule has 0 amide bonds. The normalized spacial score (nSPS) is 12.2. The summed E-state index contributed by atoms with van der Waals surface area (Å²) in [7, 11) is 1.64. The summed E-state index contributed by atoms with van der Waals surface area (Å²) in [6, 6.07) is 0. The maximum atomic E-state index is 12.0. The lowest BCUT2D eigenvalue weighted by Crippen LogP contribution is -2.20. The highest BCUT2D eigenvalue weighted by Gasteiger charge is 2.16. The van der Waals surface area contributed by atoms with Crippen LogP contribution in [-0.2, 0) is 52.2 Å². The number of carbonyl (C=O) groups is 1. The van der Waals surface area contributed by atoms with Crippen LogP contribution in [0.25, 0.3) is 0 Å². The summed E-state index contributed by atoms with van der Waals surface area (Å²) >= 11 is 0. The summed E-state index contributed by atoms with van der Waals surface area (Å²) in [4.78, 5) is 12.0. The highest BCUT2D eigenvalue weighted by molar-refractivity contribution is 5.72. The average molecular weight is 555 g/mol. The number of hydrogen-bond donors (Lipinski definition) is 0. The Morgan fingerprint density at radius 3 is 1.11 bits per heavy atom. The quantitative estimate of drug-likeness (QED) is 0.0904. The molecule has 0 rings (SSSR count). The molecular weight excluding hydrogens is 500 g/mol. The molecule has 0 saturated heterocycles. The Morgan fingerprint density at radius 1 is 0.500 bits per heavy atom. The van der Waals surface area contributed by atoms with Crippen LogP contribution in [-0.4, -0.2) is 132 Å². The van der Waals surface area contributed by atoms with Crippen LogP contribution in [0.3, 0.4) is 0 Å². The Labute approximate surface area is 230 Å². The van der Waals surface area contributed by atoms with Crippen molar-refractivity contribution in [2.45, 2.75) is 39.5 Å². The molecule has 0 fully saturated rings. The highest BCUT2D eigenvalue weighted by atomic mass is 16.6. The van der Waals surface area contributed by atoms with E-state index in [1.165, 1.54) is 0 Å². The predicted octanol–water partition coefficient (Wildman–Crippen LogP) is 2.53. The molecule has 11 nitrogen and oxygen atoms in total. The minimum atomic E-state index is -0.117. The summed E-state index contributed by atoms with van der Waals surface area (Å²) in [5, 5.41) is 0. The lowest BCUT2D eigenvalue weighted by Gasteiger charge is -2.13. The SMILES string of the molecule is CCCCC(CC)C(=O)OCCOCCOCCOCCOCCOCCOCCOCCOCCOC. The van der Waals surface area contributed by atoms with Gasteiger partial charge in [0.25, 0.3) is 0 Å². The molecule has 1 atom stereocenters. The molecule has 228 valence electrons. The Kier molecular flexibility index (Phi) is 31.6. The molecule has 0 spiro atoms.